The van der Waals surface area contributed by atoms with Crippen LogP contribution in [0.4, 0.5) is 4.79 Å². The van der Waals surface area contributed by atoms with Crippen molar-refractivity contribution in [3.8, 4) is 0 Å². The van der Waals surface area contributed by atoms with Crippen LogP contribution in [0.2, 0.25) is 0 Å². The summed E-state index contributed by atoms with van der Waals surface area (Å²) in [7, 11) is 3.32. The van der Waals surface area contributed by atoms with Crippen LogP contribution in [-0.2, 0) is 14.3 Å². The second-order valence-electron chi connectivity index (χ2n) is 4.91. The monoisotopic (exact) mass is 295 g/mol. The Bertz CT molecular complexity index is 540. The van der Waals surface area contributed by atoms with Crippen molar-refractivity contribution in [1.29, 1.82) is 0 Å². The number of carbonyl (C=O) groups is 3. The number of carbonyl (C=O) groups excluding carboxylic acids is 3. The van der Waals surface area contributed by atoms with Gasteiger partial charge in [-0.05, 0) is 18.3 Å². The molecule has 1 unspecified atom stereocenters. The normalized spacial score (nSPS) is 21.2. The lowest BCUT2D eigenvalue weighted by Gasteiger charge is -2.32. The van der Waals surface area contributed by atoms with Crippen LogP contribution in [0.5, 0.6) is 0 Å². The average molecular weight is 295 g/mol. The largest absolute Gasteiger partial charge is 0.466 e. The molecule has 2 rings (SSSR count). The van der Waals surface area contributed by atoms with Crippen LogP contribution in [0.3, 0.4) is 0 Å². The number of likely N-dealkylation sites (N-methyl/N-ethyl adjacent to an activating group) is 2. The second kappa shape index (κ2) is 6.02. The van der Waals surface area contributed by atoms with Crippen LogP contribution < -0.4 is 0 Å². The highest BCUT2D eigenvalue weighted by atomic mass is 16.5. The summed E-state index contributed by atoms with van der Waals surface area (Å²) in [6.45, 7) is 2.25. The summed E-state index contributed by atoms with van der Waals surface area (Å²) in [5.41, 5.74) is 0. The summed E-state index contributed by atoms with van der Waals surface area (Å²) in [5, 5.41) is 0. The fourth-order valence-electron chi connectivity index (χ4n) is 2.37. The molecule has 21 heavy (non-hydrogen) atoms. The van der Waals surface area contributed by atoms with Gasteiger partial charge in [-0.1, -0.05) is 0 Å². The Morgan fingerprint density at radius 3 is 2.86 bits per heavy atom. The summed E-state index contributed by atoms with van der Waals surface area (Å²) in [6.07, 6.45) is 2.10. The molecule has 0 aromatic rings. The van der Waals surface area contributed by atoms with E-state index in [1.807, 2.05) is 0 Å². The molecular formula is C13H19N4O4+. The highest BCUT2D eigenvalue weighted by Crippen LogP contribution is 2.17. The van der Waals surface area contributed by atoms with Crippen molar-refractivity contribution in [1.82, 2.24) is 9.80 Å². The zero-order valence-electron chi connectivity index (χ0n) is 12.4. The van der Waals surface area contributed by atoms with Gasteiger partial charge in [0.25, 0.3) is 24.1 Å². The van der Waals surface area contributed by atoms with Crippen molar-refractivity contribution >= 4 is 30.1 Å². The van der Waals surface area contributed by atoms with E-state index in [4.69, 9.17) is 4.74 Å². The minimum atomic E-state index is -0.560. The highest BCUT2D eigenvalue weighted by Gasteiger charge is 2.50. The minimum Gasteiger partial charge on any atom is -0.466 e. The maximum atomic E-state index is 12.4. The van der Waals surface area contributed by atoms with E-state index in [0.29, 0.717) is 18.9 Å². The van der Waals surface area contributed by atoms with E-state index in [9.17, 15) is 14.4 Å². The Morgan fingerprint density at radius 2 is 2.19 bits per heavy atom. The minimum absolute atomic E-state index is 0.183. The number of fused-ring (bicyclic) bond motifs is 1. The van der Waals surface area contributed by atoms with Crippen LogP contribution in [0, 0.1) is 0 Å². The van der Waals surface area contributed by atoms with Crippen molar-refractivity contribution in [2.45, 2.75) is 25.8 Å². The number of aliphatic imine (C=N–C) groups is 1. The molecule has 0 N–H and O–H groups in total. The first-order valence-corrected chi connectivity index (χ1v) is 6.85. The molecule has 3 amide bonds. The van der Waals surface area contributed by atoms with Gasteiger partial charge in [-0.15, -0.1) is 0 Å². The molecule has 8 heteroatoms. The zero-order chi connectivity index (χ0) is 15.6. The van der Waals surface area contributed by atoms with Crippen LogP contribution in [0.1, 0.15) is 19.8 Å². The van der Waals surface area contributed by atoms with E-state index < -0.39 is 12.1 Å². The van der Waals surface area contributed by atoms with Gasteiger partial charge in [-0.3, -0.25) is 19.4 Å². The van der Waals surface area contributed by atoms with Crippen molar-refractivity contribution in [2.75, 3.05) is 27.2 Å². The van der Waals surface area contributed by atoms with E-state index >= 15 is 0 Å². The fourth-order valence-corrected chi connectivity index (χ4v) is 2.37. The molecule has 8 nitrogen and oxygen atoms in total. The molecule has 114 valence electrons. The summed E-state index contributed by atoms with van der Waals surface area (Å²) in [5.74, 6) is -0.192. The number of nitrogens with zero attached hydrogens (tertiary/aromatic N) is 4. The van der Waals surface area contributed by atoms with E-state index in [2.05, 4.69) is 4.99 Å². The molecule has 0 spiro atoms. The summed E-state index contributed by atoms with van der Waals surface area (Å²) in [6, 6.07) is -0.974. The molecular weight excluding hydrogens is 276 g/mol. The Hall–Kier alpha value is -2.25. The lowest BCUT2D eigenvalue weighted by atomic mass is 10.1. The number of rotatable bonds is 5. The van der Waals surface area contributed by atoms with Gasteiger partial charge in [-0.2, -0.15) is 0 Å². The first kappa shape index (κ1) is 15.1. The first-order valence-electron chi connectivity index (χ1n) is 6.85. The first-order chi connectivity index (χ1) is 9.97. The van der Waals surface area contributed by atoms with Gasteiger partial charge in [0.05, 0.1) is 13.7 Å². The Kier molecular flexibility index (Phi) is 4.35. The fraction of sp³-hybridized carbons (Fsp3) is 0.615. The van der Waals surface area contributed by atoms with E-state index in [0.717, 1.165) is 0 Å². The third-order valence-electron chi connectivity index (χ3n) is 3.45. The molecule has 1 saturated heterocycles. The van der Waals surface area contributed by atoms with Crippen molar-refractivity contribution < 1.29 is 23.7 Å². The van der Waals surface area contributed by atoms with Crippen LogP contribution in [-0.4, -0.2) is 77.7 Å². The molecule has 2 aliphatic heterocycles. The smallest absolute Gasteiger partial charge is 0.333 e. The Balaban J connectivity index is 2.01. The SMILES string of the molecule is CCOC(=O)CCCN1C(=O)C2C(=NC=[N+]2C)N(C)C1=O. The number of amidine groups is 1. The van der Waals surface area contributed by atoms with Crippen molar-refractivity contribution in [3.63, 3.8) is 0 Å². The standard InChI is InChI=1S/C13H19N4O4/c1-4-21-9(18)6-5-7-17-12(19)10-11(14-8-15(10)2)16(3)13(17)20/h8,10H,4-7H2,1-3H3/q+1. The Morgan fingerprint density at radius 1 is 1.48 bits per heavy atom. The zero-order valence-corrected chi connectivity index (χ0v) is 12.4. The lowest BCUT2D eigenvalue weighted by Crippen LogP contribution is -2.62. The lowest BCUT2D eigenvalue weighted by molar-refractivity contribution is -0.500. The molecule has 0 aromatic carbocycles. The molecule has 0 radical (unpaired) electrons. The molecule has 0 aromatic heterocycles. The van der Waals surface area contributed by atoms with Gasteiger partial charge in [0.15, 0.2) is 0 Å². The molecule has 0 bridgehead atoms. The maximum absolute atomic E-state index is 12.4. The van der Waals surface area contributed by atoms with Crippen molar-refractivity contribution in [3.05, 3.63) is 0 Å². The number of esters is 1. The van der Waals surface area contributed by atoms with E-state index in [-0.39, 0.29) is 24.8 Å². The topological polar surface area (TPSA) is 82.3 Å². The molecule has 2 aliphatic rings. The van der Waals surface area contributed by atoms with Gasteiger partial charge in [0.2, 0.25) is 0 Å². The molecule has 1 atom stereocenters. The average Bonchev–Trinajstić information content (AvgIpc) is 2.83. The number of hydrogen-bond donors (Lipinski definition) is 0. The molecule has 0 saturated carbocycles. The van der Waals surface area contributed by atoms with Gasteiger partial charge < -0.3 is 4.74 Å². The van der Waals surface area contributed by atoms with Gasteiger partial charge in [0.1, 0.15) is 0 Å². The molecule has 2 heterocycles. The van der Waals surface area contributed by atoms with Crippen LogP contribution >= 0.6 is 0 Å². The second-order valence-corrected chi connectivity index (χ2v) is 4.91. The third kappa shape index (κ3) is 2.79. The molecule has 1 fully saturated rings. The predicted molar refractivity (Wildman–Crippen MR) is 74.2 cm³/mol. The summed E-state index contributed by atoms with van der Waals surface area (Å²) in [4.78, 5) is 42.5. The number of urea groups is 1. The van der Waals surface area contributed by atoms with Crippen LogP contribution in [0.25, 0.3) is 0 Å². The van der Waals surface area contributed by atoms with E-state index in [1.54, 1.807) is 25.6 Å². The third-order valence-corrected chi connectivity index (χ3v) is 3.45. The number of ether oxygens (including phenoxy) is 1. The predicted octanol–water partition coefficient (Wildman–Crippen LogP) is -0.325. The number of imide groups is 1. The summed E-state index contributed by atoms with van der Waals surface area (Å²) < 4.78 is 6.49. The number of hydrogen-bond acceptors (Lipinski definition) is 5. The summed E-state index contributed by atoms with van der Waals surface area (Å²) >= 11 is 0. The van der Waals surface area contributed by atoms with Crippen LogP contribution in [0.15, 0.2) is 4.99 Å². The maximum Gasteiger partial charge on any atom is 0.333 e. The van der Waals surface area contributed by atoms with Gasteiger partial charge in [0, 0.05) is 20.0 Å². The highest BCUT2D eigenvalue weighted by molar-refractivity contribution is 6.21. The van der Waals surface area contributed by atoms with Gasteiger partial charge >= 0.3 is 12.0 Å². The Labute approximate surface area is 122 Å². The van der Waals surface area contributed by atoms with E-state index in [1.165, 1.54) is 16.1 Å². The van der Waals surface area contributed by atoms with Crippen molar-refractivity contribution in [2.24, 2.45) is 4.99 Å². The molecule has 0 aliphatic carbocycles. The number of amides is 3. The quantitative estimate of drug-likeness (QED) is 0.514. The van der Waals surface area contributed by atoms with Gasteiger partial charge in [-0.25, -0.2) is 9.37 Å².